The summed E-state index contributed by atoms with van der Waals surface area (Å²) in [5, 5.41) is 7.91. The van der Waals surface area contributed by atoms with Crippen molar-refractivity contribution in [3.05, 3.63) is 52.2 Å². The van der Waals surface area contributed by atoms with Gasteiger partial charge in [0.2, 0.25) is 0 Å². The predicted octanol–water partition coefficient (Wildman–Crippen LogP) is 2.81. The van der Waals surface area contributed by atoms with Gasteiger partial charge >= 0.3 is 6.03 Å². The molecular weight excluding hydrogens is 356 g/mol. The molecular formula is C20H24N6O2. The Morgan fingerprint density at radius 3 is 2.54 bits per heavy atom. The molecule has 4 rings (SSSR count). The normalized spacial score (nSPS) is 14.9. The average Bonchev–Trinajstić information content (AvgIpc) is 2.92. The van der Waals surface area contributed by atoms with E-state index in [2.05, 4.69) is 15.4 Å². The fourth-order valence-electron chi connectivity index (χ4n) is 3.41. The minimum Gasteiger partial charge on any atom is -0.323 e. The lowest BCUT2D eigenvalue weighted by molar-refractivity contribution is 0.161. The number of fused-ring (bicyclic) bond motifs is 1. The van der Waals surface area contributed by atoms with Gasteiger partial charge in [-0.25, -0.2) is 14.5 Å². The molecule has 1 saturated heterocycles. The monoisotopic (exact) mass is 380 g/mol. The number of aromatic nitrogens is 4. The Morgan fingerprint density at radius 2 is 1.89 bits per heavy atom. The quantitative estimate of drug-likeness (QED) is 0.714. The summed E-state index contributed by atoms with van der Waals surface area (Å²) in [6, 6.07) is 9.19. The van der Waals surface area contributed by atoms with Crippen LogP contribution in [-0.2, 0) is 5.54 Å². The van der Waals surface area contributed by atoms with Gasteiger partial charge in [-0.2, -0.15) is 5.10 Å². The maximum Gasteiger partial charge on any atom is 0.321 e. The fourth-order valence-corrected chi connectivity index (χ4v) is 3.41. The van der Waals surface area contributed by atoms with Crippen molar-refractivity contribution in [3.8, 4) is 0 Å². The van der Waals surface area contributed by atoms with E-state index in [9.17, 15) is 9.59 Å². The molecule has 2 aromatic heterocycles. The maximum atomic E-state index is 12.6. The largest absolute Gasteiger partial charge is 0.323 e. The zero-order valence-electron chi connectivity index (χ0n) is 16.5. The molecule has 0 unspecified atom stereocenters. The van der Waals surface area contributed by atoms with E-state index in [0.717, 1.165) is 5.69 Å². The van der Waals surface area contributed by atoms with Gasteiger partial charge in [-0.05, 0) is 39.8 Å². The lowest BCUT2D eigenvalue weighted by atomic mass is 9.99. The van der Waals surface area contributed by atoms with Gasteiger partial charge in [-0.15, -0.1) is 0 Å². The Hall–Kier alpha value is -3.16. The van der Waals surface area contributed by atoms with Crippen LogP contribution in [-0.4, -0.2) is 43.8 Å². The van der Waals surface area contributed by atoms with E-state index in [1.165, 1.54) is 0 Å². The van der Waals surface area contributed by atoms with Crippen molar-refractivity contribution in [2.75, 3.05) is 18.4 Å². The number of rotatable bonds is 2. The molecule has 8 nitrogen and oxygen atoms in total. The molecule has 1 aliphatic heterocycles. The van der Waals surface area contributed by atoms with Gasteiger partial charge in [0, 0.05) is 18.8 Å². The van der Waals surface area contributed by atoms with Crippen LogP contribution in [0.1, 0.15) is 38.2 Å². The third-order valence-corrected chi connectivity index (χ3v) is 4.95. The van der Waals surface area contributed by atoms with Crippen LogP contribution in [0.2, 0.25) is 0 Å². The van der Waals surface area contributed by atoms with Crippen LogP contribution in [0.4, 0.5) is 10.5 Å². The number of benzene rings is 1. The molecule has 0 atom stereocenters. The highest BCUT2D eigenvalue weighted by Gasteiger charge is 2.34. The van der Waals surface area contributed by atoms with Gasteiger partial charge < -0.3 is 15.2 Å². The van der Waals surface area contributed by atoms with Crippen molar-refractivity contribution < 1.29 is 4.79 Å². The van der Waals surface area contributed by atoms with Crippen LogP contribution in [0.25, 0.3) is 11.0 Å². The average molecular weight is 380 g/mol. The molecule has 2 N–H and O–H groups in total. The molecule has 1 aliphatic rings. The molecule has 3 heterocycles. The predicted molar refractivity (Wildman–Crippen MR) is 108 cm³/mol. The minimum absolute atomic E-state index is 0.00208. The number of nitrogens with zero attached hydrogens (tertiary/aromatic N) is 4. The third kappa shape index (κ3) is 3.15. The number of para-hydroxylation sites is 1. The number of carbonyl (C=O) groups is 1. The molecule has 0 bridgehead atoms. The number of urea groups is 1. The number of aromatic amines is 1. The number of aryl methyl sites for hydroxylation is 1. The second-order valence-electron chi connectivity index (χ2n) is 8.22. The molecule has 28 heavy (non-hydrogen) atoms. The molecule has 8 heteroatoms. The van der Waals surface area contributed by atoms with Gasteiger partial charge in [-0.3, -0.25) is 4.79 Å². The summed E-state index contributed by atoms with van der Waals surface area (Å²) in [6.45, 7) is 8.92. The molecule has 1 fully saturated rings. The number of nitrogens with one attached hydrogen (secondary N) is 2. The maximum absolute atomic E-state index is 12.6. The van der Waals surface area contributed by atoms with E-state index >= 15 is 0 Å². The van der Waals surface area contributed by atoms with E-state index in [1.54, 1.807) is 9.58 Å². The van der Waals surface area contributed by atoms with E-state index < -0.39 is 0 Å². The molecule has 2 amide bonds. The lowest BCUT2D eigenvalue weighted by Crippen LogP contribution is -2.51. The number of H-pyrrole nitrogens is 1. The van der Waals surface area contributed by atoms with E-state index in [4.69, 9.17) is 4.98 Å². The lowest BCUT2D eigenvalue weighted by Gasteiger charge is -2.38. The Labute approximate surface area is 162 Å². The fraction of sp³-hybridized carbons (Fsp3) is 0.400. The smallest absolute Gasteiger partial charge is 0.321 e. The van der Waals surface area contributed by atoms with Crippen molar-refractivity contribution in [1.29, 1.82) is 0 Å². The first kappa shape index (κ1) is 18.2. The number of likely N-dealkylation sites (tertiary alicyclic amines) is 1. The van der Waals surface area contributed by atoms with Gasteiger partial charge in [0.05, 0.1) is 17.2 Å². The molecule has 0 radical (unpaired) electrons. The first-order valence-corrected chi connectivity index (χ1v) is 9.35. The highest BCUT2D eigenvalue weighted by atomic mass is 16.2. The Morgan fingerprint density at radius 1 is 1.21 bits per heavy atom. The number of carbonyl (C=O) groups excluding carboxylic acids is 1. The first-order valence-electron chi connectivity index (χ1n) is 9.35. The SMILES string of the molecule is Cc1nn(C(C)(C)C)c2nc(C3CN(C(=O)Nc4ccccc4)C3)[nH]c(=O)c12. The summed E-state index contributed by atoms with van der Waals surface area (Å²) in [4.78, 5) is 34.3. The van der Waals surface area contributed by atoms with Crippen molar-refractivity contribution >= 4 is 22.8 Å². The molecule has 0 aliphatic carbocycles. The van der Waals surface area contributed by atoms with E-state index in [0.29, 0.717) is 35.6 Å². The number of amides is 2. The summed E-state index contributed by atoms with van der Waals surface area (Å²) in [6.07, 6.45) is 0. The van der Waals surface area contributed by atoms with Crippen LogP contribution in [0, 0.1) is 6.92 Å². The highest BCUT2D eigenvalue weighted by molar-refractivity contribution is 5.90. The molecule has 0 spiro atoms. The summed E-state index contributed by atoms with van der Waals surface area (Å²) >= 11 is 0. The zero-order chi connectivity index (χ0) is 20.1. The number of hydrogen-bond donors (Lipinski definition) is 2. The summed E-state index contributed by atoms with van der Waals surface area (Å²) < 4.78 is 1.80. The number of anilines is 1. The van der Waals surface area contributed by atoms with Gasteiger partial charge in [0.25, 0.3) is 5.56 Å². The second-order valence-corrected chi connectivity index (χ2v) is 8.22. The summed E-state index contributed by atoms with van der Waals surface area (Å²) in [5.74, 6) is 0.605. The van der Waals surface area contributed by atoms with Crippen LogP contribution in [0.15, 0.2) is 35.1 Å². The Kier molecular flexibility index (Phi) is 4.21. The van der Waals surface area contributed by atoms with Crippen molar-refractivity contribution in [1.82, 2.24) is 24.6 Å². The van der Waals surface area contributed by atoms with Crippen molar-refractivity contribution in [3.63, 3.8) is 0 Å². The van der Waals surface area contributed by atoms with Crippen molar-refractivity contribution in [2.45, 2.75) is 39.2 Å². The Bertz CT molecular complexity index is 1090. The zero-order valence-corrected chi connectivity index (χ0v) is 16.5. The van der Waals surface area contributed by atoms with Gasteiger partial charge in [-0.1, -0.05) is 18.2 Å². The van der Waals surface area contributed by atoms with Crippen LogP contribution < -0.4 is 10.9 Å². The molecule has 0 saturated carbocycles. The van der Waals surface area contributed by atoms with Gasteiger partial charge in [0.15, 0.2) is 5.65 Å². The standard InChI is InChI=1S/C20H24N6O2/c1-12-15-17(26(24-12)20(2,3)4)22-16(23-18(15)27)13-10-25(11-13)19(28)21-14-8-6-5-7-9-14/h5-9,13H,10-11H2,1-4H3,(H,21,28)(H,22,23,27). The van der Waals surface area contributed by atoms with Crippen LogP contribution in [0.5, 0.6) is 0 Å². The summed E-state index contributed by atoms with van der Waals surface area (Å²) in [7, 11) is 0. The van der Waals surface area contributed by atoms with Gasteiger partial charge in [0.1, 0.15) is 11.2 Å². The van der Waals surface area contributed by atoms with E-state index in [-0.39, 0.29) is 23.0 Å². The van der Waals surface area contributed by atoms with Crippen LogP contribution >= 0.6 is 0 Å². The second kappa shape index (κ2) is 6.47. The number of hydrogen-bond acceptors (Lipinski definition) is 4. The van der Waals surface area contributed by atoms with Crippen LogP contribution in [0.3, 0.4) is 0 Å². The third-order valence-electron chi connectivity index (χ3n) is 4.95. The minimum atomic E-state index is -0.286. The Balaban J connectivity index is 1.55. The first-order chi connectivity index (χ1) is 13.2. The molecule has 146 valence electrons. The van der Waals surface area contributed by atoms with E-state index in [1.807, 2.05) is 58.0 Å². The highest BCUT2D eigenvalue weighted by Crippen LogP contribution is 2.27. The molecule has 3 aromatic rings. The molecule has 1 aromatic carbocycles. The topological polar surface area (TPSA) is 95.9 Å². The van der Waals surface area contributed by atoms with Crippen molar-refractivity contribution in [2.24, 2.45) is 0 Å². The summed E-state index contributed by atoms with van der Waals surface area (Å²) in [5.41, 5.74) is 1.55.